The van der Waals surface area contributed by atoms with Gasteiger partial charge in [-0.25, -0.2) is 17.9 Å². The molecule has 0 amide bonds. The molecule has 2 fully saturated rings. The molecular weight excluding hydrogens is 433 g/mol. The minimum Gasteiger partial charge on any atom is -0.475 e. The van der Waals surface area contributed by atoms with E-state index < -0.39 is 22.2 Å². The maximum absolute atomic E-state index is 11.2. The summed E-state index contributed by atoms with van der Waals surface area (Å²) in [7, 11) is -3.14. The summed E-state index contributed by atoms with van der Waals surface area (Å²) in [6, 6.07) is 4.27. The van der Waals surface area contributed by atoms with Crippen LogP contribution in [0.15, 0.2) is 17.5 Å². The van der Waals surface area contributed by atoms with Gasteiger partial charge in [-0.1, -0.05) is 6.07 Å². The lowest BCUT2D eigenvalue weighted by molar-refractivity contribution is -0.192. The minimum atomic E-state index is -5.08. The van der Waals surface area contributed by atoms with Crippen LogP contribution in [0.25, 0.3) is 0 Å². The molecule has 166 valence electrons. The number of sulfonamides is 1. The van der Waals surface area contributed by atoms with Crippen LogP contribution in [0.1, 0.15) is 30.6 Å². The Morgan fingerprint density at radius 3 is 2.69 bits per heavy atom. The van der Waals surface area contributed by atoms with E-state index >= 15 is 0 Å². The fraction of sp³-hybridized carbons (Fsp3) is 0.706. The summed E-state index contributed by atoms with van der Waals surface area (Å²) < 4.78 is 63.1. The Kier molecular flexibility index (Phi) is 8.08. The van der Waals surface area contributed by atoms with Crippen molar-refractivity contribution in [1.29, 1.82) is 0 Å². The molecule has 12 heteroatoms. The van der Waals surface area contributed by atoms with Crippen molar-refractivity contribution in [3.05, 3.63) is 22.4 Å². The number of likely N-dealkylation sites (tertiary alicyclic amines) is 1. The summed E-state index contributed by atoms with van der Waals surface area (Å²) in [5.41, 5.74) is -0.0701. The van der Waals surface area contributed by atoms with Crippen molar-refractivity contribution in [2.75, 3.05) is 25.9 Å². The topological polar surface area (TPSA) is 95.9 Å². The van der Waals surface area contributed by atoms with Crippen molar-refractivity contribution < 1.29 is 36.2 Å². The molecule has 0 saturated carbocycles. The van der Waals surface area contributed by atoms with Crippen LogP contribution in [-0.4, -0.2) is 68.2 Å². The molecule has 7 nitrogen and oxygen atoms in total. The highest BCUT2D eigenvalue weighted by Crippen LogP contribution is 2.37. The van der Waals surface area contributed by atoms with Gasteiger partial charge < -0.3 is 9.84 Å². The molecule has 2 atom stereocenters. The smallest absolute Gasteiger partial charge is 0.475 e. The van der Waals surface area contributed by atoms with Gasteiger partial charge in [-0.15, -0.1) is 11.3 Å². The van der Waals surface area contributed by atoms with E-state index in [9.17, 15) is 21.6 Å². The van der Waals surface area contributed by atoms with Gasteiger partial charge in [0.05, 0.1) is 18.0 Å². The first-order chi connectivity index (χ1) is 13.4. The van der Waals surface area contributed by atoms with Crippen LogP contribution >= 0.6 is 11.3 Å². The van der Waals surface area contributed by atoms with Gasteiger partial charge in [0.25, 0.3) is 0 Å². The highest BCUT2D eigenvalue weighted by molar-refractivity contribution is 7.88. The monoisotopic (exact) mass is 458 g/mol. The standard InChI is InChI=1S/C15H24N2O3S2.C2HF3O2/c1-22(18,19)16-10-13-4-2-6-15(20-13)7-8-17(12-15)11-14-5-3-9-21-14;3-2(4,5)1(6)7/h3,5,9,13,16H,2,4,6-8,10-12H2,1H3;(H,6,7)/t13-,15+;/m0./s1. The third-order valence-electron chi connectivity index (χ3n) is 4.75. The molecule has 0 radical (unpaired) electrons. The second-order valence-electron chi connectivity index (χ2n) is 7.28. The number of carboxylic acid groups (broad SMARTS) is 1. The Hall–Kier alpha value is -1.21. The summed E-state index contributed by atoms with van der Waals surface area (Å²) in [6.45, 7) is 3.41. The summed E-state index contributed by atoms with van der Waals surface area (Å²) in [5.74, 6) is -2.76. The van der Waals surface area contributed by atoms with Crippen molar-refractivity contribution in [3.8, 4) is 0 Å². The van der Waals surface area contributed by atoms with Crippen LogP contribution in [-0.2, 0) is 26.1 Å². The number of aliphatic carboxylic acids is 1. The zero-order chi connectivity index (χ0) is 21.7. The van der Waals surface area contributed by atoms with Gasteiger partial charge in [-0.2, -0.15) is 13.2 Å². The summed E-state index contributed by atoms with van der Waals surface area (Å²) in [5, 5.41) is 9.24. The Balaban J connectivity index is 0.000000370. The van der Waals surface area contributed by atoms with Crippen LogP contribution in [0.3, 0.4) is 0 Å². The predicted molar refractivity (Wildman–Crippen MR) is 102 cm³/mol. The first kappa shape index (κ1) is 24.1. The Morgan fingerprint density at radius 1 is 1.45 bits per heavy atom. The van der Waals surface area contributed by atoms with Crippen molar-refractivity contribution in [1.82, 2.24) is 9.62 Å². The molecule has 1 aromatic rings. The van der Waals surface area contributed by atoms with E-state index in [1.54, 1.807) is 11.3 Å². The molecule has 2 N–H and O–H groups in total. The van der Waals surface area contributed by atoms with E-state index in [2.05, 4.69) is 27.1 Å². The quantitative estimate of drug-likeness (QED) is 0.704. The van der Waals surface area contributed by atoms with Crippen LogP contribution in [0.4, 0.5) is 13.2 Å². The van der Waals surface area contributed by atoms with Gasteiger partial charge in [0.15, 0.2) is 0 Å². The molecule has 2 saturated heterocycles. The highest BCUT2D eigenvalue weighted by atomic mass is 32.2. The SMILES string of the molecule is CS(=O)(=O)NC[C@@H]1CCC[C@]2(CCN(Cc3cccs3)C2)O1.O=C(O)C(F)(F)F. The lowest BCUT2D eigenvalue weighted by Gasteiger charge is -2.38. The Morgan fingerprint density at radius 2 is 2.14 bits per heavy atom. The number of hydrogen-bond donors (Lipinski definition) is 2. The summed E-state index contributed by atoms with van der Waals surface area (Å²) >= 11 is 1.80. The molecule has 2 aliphatic heterocycles. The predicted octanol–water partition coefficient (Wildman–Crippen LogP) is 2.44. The van der Waals surface area contributed by atoms with Crippen molar-refractivity contribution >= 4 is 27.3 Å². The second kappa shape index (κ2) is 9.73. The fourth-order valence-corrected chi connectivity index (χ4v) is 4.73. The van der Waals surface area contributed by atoms with Gasteiger partial charge in [0.1, 0.15) is 0 Å². The zero-order valence-electron chi connectivity index (χ0n) is 15.9. The van der Waals surface area contributed by atoms with Crippen LogP contribution in [0.2, 0.25) is 0 Å². The highest BCUT2D eigenvalue weighted by Gasteiger charge is 2.43. The number of alkyl halides is 3. The van der Waals surface area contributed by atoms with Crippen molar-refractivity contribution in [3.63, 3.8) is 0 Å². The van der Waals surface area contributed by atoms with Crippen LogP contribution in [0.5, 0.6) is 0 Å². The first-order valence-electron chi connectivity index (χ1n) is 9.06. The number of thiophene rings is 1. The van der Waals surface area contributed by atoms with Gasteiger partial charge in [0, 0.05) is 31.1 Å². The first-order valence-corrected chi connectivity index (χ1v) is 11.8. The maximum atomic E-state index is 11.2. The minimum absolute atomic E-state index is 0.00478. The lowest BCUT2D eigenvalue weighted by atomic mass is 9.90. The molecule has 1 spiro atoms. The molecule has 0 aliphatic carbocycles. The molecule has 0 unspecified atom stereocenters. The molecule has 3 heterocycles. The molecule has 3 rings (SSSR count). The average molecular weight is 459 g/mol. The largest absolute Gasteiger partial charge is 0.490 e. The molecule has 1 aromatic heterocycles. The maximum Gasteiger partial charge on any atom is 0.490 e. The third kappa shape index (κ3) is 8.21. The summed E-state index contributed by atoms with van der Waals surface area (Å²) in [6.07, 6.45) is 0.309. The van der Waals surface area contributed by atoms with E-state index in [0.717, 1.165) is 45.3 Å². The van der Waals surface area contributed by atoms with Crippen molar-refractivity contribution in [2.45, 2.75) is 50.1 Å². The molecule has 2 aliphatic rings. The number of halogens is 3. The normalized spacial score (nSPS) is 25.6. The lowest BCUT2D eigenvalue weighted by Crippen LogP contribution is -2.46. The number of nitrogens with one attached hydrogen (secondary N) is 1. The fourth-order valence-electron chi connectivity index (χ4n) is 3.50. The summed E-state index contributed by atoms with van der Waals surface area (Å²) in [4.78, 5) is 12.7. The number of carboxylic acids is 1. The molecule has 0 aromatic carbocycles. The van der Waals surface area contributed by atoms with Gasteiger partial charge in [0.2, 0.25) is 10.0 Å². The third-order valence-corrected chi connectivity index (χ3v) is 6.30. The zero-order valence-corrected chi connectivity index (χ0v) is 17.6. The molecule has 29 heavy (non-hydrogen) atoms. The van der Waals surface area contributed by atoms with Gasteiger partial charge in [-0.05, 0) is 37.1 Å². The molecular formula is C17H25F3N2O5S2. The van der Waals surface area contributed by atoms with Crippen LogP contribution in [0, 0.1) is 0 Å². The second-order valence-corrected chi connectivity index (χ2v) is 10.1. The van der Waals surface area contributed by atoms with Gasteiger partial charge in [-0.3, -0.25) is 4.90 Å². The number of ether oxygens (including phenoxy) is 1. The Bertz CT molecular complexity index is 771. The Labute approximate surface area is 171 Å². The number of rotatable bonds is 5. The number of nitrogens with zero attached hydrogens (tertiary/aromatic N) is 1. The van der Waals surface area contributed by atoms with Crippen LogP contribution < -0.4 is 4.72 Å². The van der Waals surface area contributed by atoms with E-state index in [0.29, 0.717) is 6.54 Å². The van der Waals surface area contributed by atoms with Gasteiger partial charge >= 0.3 is 12.1 Å². The average Bonchev–Trinajstić information content (AvgIpc) is 3.23. The van der Waals surface area contributed by atoms with E-state index in [-0.39, 0.29) is 11.7 Å². The van der Waals surface area contributed by atoms with E-state index in [4.69, 9.17) is 14.6 Å². The van der Waals surface area contributed by atoms with E-state index in [1.165, 1.54) is 11.1 Å². The molecule has 0 bridgehead atoms. The van der Waals surface area contributed by atoms with Crippen molar-refractivity contribution in [2.24, 2.45) is 0 Å². The number of carbonyl (C=O) groups is 1. The number of hydrogen-bond acceptors (Lipinski definition) is 6. The van der Waals surface area contributed by atoms with E-state index in [1.807, 2.05) is 0 Å².